The summed E-state index contributed by atoms with van der Waals surface area (Å²) in [7, 11) is 0. The highest BCUT2D eigenvalue weighted by atomic mass is 32.2. The van der Waals surface area contributed by atoms with E-state index in [2.05, 4.69) is 5.32 Å². The van der Waals surface area contributed by atoms with Crippen LogP contribution < -0.4 is 5.32 Å². The Labute approximate surface area is 117 Å². The number of hydrogen-bond acceptors (Lipinski definition) is 3. The van der Waals surface area contributed by atoms with Gasteiger partial charge in [-0.2, -0.15) is 11.8 Å². The lowest BCUT2D eigenvalue weighted by Crippen LogP contribution is -2.41. The molecule has 4 nitrogen and oxygen atoms in total. The van der Waals surface area contributed by atoms with Crippen LogP contribution in [0.25, 0.3) is 0 Å². The van der Waals surface area contributed by atoms with Crippen LogP contribution in [0.5, 0.6) is 0 Å². The molecule has 19 heavy (non-hydrogen) atoms. The Kier molecular flexibility index (Phi) is 7.03. The summed E-state index contributed by atoms with van der Waals surface area (Å²) in [6.07, 6.45) is 3.30. The Morgan fingerprint density at radius 3 is 2.58 bits per heavy atom. The van der Waals surface area contributed by atoms with Crippen molar-refractivity contribution in [1.29, 1.82) is 0 Å². The molecule has 5 heteroatoms. The van der Waals surface area contributed by atoms with Gasteiger partial charge in [-0.25, -0.2) is 4.79 Å². The highest BCUT2D eigenvalue weighted by Crippen LogP contribution is 2.04. The molecule has 0 aliphatic heterocycles. The number of benzene rings is 1. The second kappa shape index (κ2) is 8.58. The average molecular weight is 281 g/mol. The fourth-order valence-electron chi connectivity index (χ4n) is 1.66. The maximum atomic E-state index is 11.7. The van der Waals surface area contributed by atoms with Gasteiger partial charge >= 0.3 is 5.97 Å². The molecular formula is C14H19NO3S. The van der Waals surface area contributed by atoms with Crippen molar-refractivity contribution >= 4 is 23.6 Å². The van der Waals surface area contributed by atoms with Crippen LogP contribution in [-0.4, -0.2) is 35.0 Å². The largest absolute Gasteiger partial charge is 0.480 e. The minimum absolute atomic E-state index is 0.211. The lowest BCUT2D eigenvalue weighted by atomic mass is 10.1. The molecule has 0 fully saturated rings. The summed E-state index contributed by atoms with van der Waals surface area (Å²) in [4.78, 5) is 22.7. The summed E-state index contributed by atoms with van der Waals surface area (Å²) in [5.41, 5.74) is 1.08. The Balaban J connectivity index is 2.38. The van der Waals surface area contributed by atoms with Crippen LogP contribution in [-0.2, 0) is 16.0 Å². The van der Waals surface area contributed by atoms with Gasteiger partial charge in [0.15, 0.2) is 0 Å². The number of carboxylic acid groups (broad SMARTS) is 1. The van der Waals surface area contributed by atoms with Gasteiger partial charge in [0.1, 0.15) is 6.04 Å². The van der Waals surface area contributed by atoms with Crippen molar-refractivity contribution < 1.29 is 14.7 Å². The first kappa shape index (κ1) is 15.6. The third-order valence-electron chi connectivity index (χ3n) is 2.73. The molecule has 0 saturated carbocycles. The molecule has 0 spiro atoms. The number of thioether (sulfide) groups is 1. The van der Waals surface area contributed by atoms with Crippen molar-refractivity contribution in [2.24, 2.45) is 0 Å². The molecule has 0 aliphatic carbocycles. The number of aliphatic carboxylic acids is 1. The zero-order valence-corrected chi connectivity index (χ0v) is 11.8. The summed E-state index contributed by atoms with van der Waals surface area (Å²) < 4.78 is 0. The van der Waals surface area contributed by atoms with Crippen molar-refractivity contribution in [3.63, 3.8) is 0 Å². The smallest absolute Gasteiger partial charge is 0.326 e. The van der Waals surface area contributed by atoms with E-state index in [0.717, 1.165) is 11.3 Å². The van der Waals surface area contributed by atoms with Crippen molar-refractivity contribution in [3.05, 3.63) is 35.9 Å². The first-order valence-electron chi connectivity index (χ1n) is 6.18. The lowest BCUT2D eigenvalue weighted by molar-refractivity contribution is -0.141. The topological polar surface area (TPSA) is 66.4 Å². The monoisotopic (exact) mass is 281 g/mol. The van der Waals surface area contributed by atoms with Gasteiger partial charge in [-0.15, -0.1) is 0 Å². The number of carbonyl (C=O) groups is 2. The van der Waals surface area contributed by atoms with Crippen LogP contribution in [0.3, 0.4) is 0 Å². The van der Waals surface area contributed by atoms with Crippen LogP contribution in [0.2, 0.25) is 0 Å². The van der Waals surface area contributed by atoms with Gasteiger partial charge in [-0.1, -0.05) is 30.3 Å². The molecule has 0 unspecified atom stereocenters. The van der Waals surface area contributed by atoms with E-state index in [1.165, 1.54) is 0 Å². The number of carboxylic acids is 1. The summed E-state index contributed by atoms with van der Waals surface area (Å²) in [5, 5.41) is 11.6. The fourth-order valence-corrected chi connectivity index (χ4v) is 2.13. The minimum atomic E-state index is -0.970. The third-order valence-corrected chi connectivity index (χ3v) is 3.37. The first-order valence-corrected chi connectivity index (χ1v) is 7.58. The summed E-state index contributed by atoms with van der Waals surface area (Å²) in [5.74, 6) is -0.463. The minimum Gasteiger partial charge on any atom is -0.480 e. The Morgan fingerprint density at radius 2 is 2.00 bits per heavy atom. The predicted octanol–water partition coefficient (Wildman–Crippen LogP) is 1.94. The maximum absolute atomic E-state index is 11.7. The molecular weight excluding hydrogens is 262 g/mol. The molecule has 1 atom stereocenters. The molecule has 0 aliphatic rings. The fraction of sp³-hybridized carbons (Fsp3) is 0.429. The molecule has 0 radical (unpaired) electrons. The van der Waals surface area contributed by atoms with Gasteiger partial charge in [0, 0.05) is 6.42 Å². The van der Waals surface area contributed by atoms with E-state index in [4.69, 9.17) is 5.11 Å². The van der Waals surface area contributed by atoms with Crippen LogP contribution in [0, 0.1) is 0 Å². The zero-order chi connectivity index (χ0) is 14.1. The van der Waals surface area contributed by atoms with E-state index in [1.807, 2.05) is 36.6 Å². The van der Waals surface area contributed by atoms with Crippen molar-refractivity contribution in [1.82, 2.24) is 5.32 Å². The standard InChI is InChI=1S/C14H19NO3S/c1-19-10-9-12(14(17)18)15-13(16)8-7-11-5-3-2-4-6-11/h2-6,12H,7-10H2,1H3,(H,15,16)(H,17,18)/t12-/m0/s1. The molecule has 1 aromatic rings. The van der Waals surface area contributed by atoms with Gasteiger partial charge in [0.25, 0.3) is 0 Å². The molecule has 0 aromatic heterocycles. The molecule has 1 aromatic carbocycles. The lowest BCUT2D eigenvalue weighted by Gasteiger charge is -2.13. The van der Waals surface area contributed by atoms with Gasteiger partial charge < -0.3 is 10.4 Å². The van der Waals surface area contributed by atoms with Gasteiger partial charge in [0.2, 0.25) is 5.91 Å². The summed E-state index contributed by atoms with van der Waals surface area (Å²) >= 11 is 1.57. The molecule has 0 saturated heterocycles. The number of rotatable bonds is 8. The van der Waals surface area contributed by atoms with E-state index >= 15 is 0 Å². The molecule has 2 N–H and O–H groups in total. The summed E-state index contributed by atoms with van der Waals surface area (Å²) in [6.45, 7) is 0. The number of amides is 1. The average Bonchev–Trinajstić information content (AvgIpc) is 2.42. The zero-order valence-electron chi connectivity index (χ0n) is 11.0. The van der Waals surface area contributed by atoms with Crippen LogP contribution >= 0.6 is 11.8 Å². The van der Waals surface area contributed by atoms with Gasteiger partial charge in [-0.05, 0) is 30.4 Å². The molecule has 104 valence electrons. The van der Waals surface area contributed by atoms with E-state index in [-0.39, 0.29) is 5.91 Å². The van der Waals surface area contributed by atoms with Crippen LogP contribution in [0.4, 0.5) is 0 Å². The number of carbonyl (C=O) groups excluding carboxylic acids is 1. The maximum Gasteiger partial charge on any atom is 0.326 e. The molecule has 0 bridgehead atoms. The molecule has 0 heterocycles. The highest BCUT2D eigenvalue weighted by Gasteiger charge is 2.18. The van der Waals surface area contributed by atoms with E-state index < -0.39 is 12.0 Å². The highest BCUT2D eigenvalue weighted by molar-refractivity contribution is 7.98. The second-order valence-electron chi connectivity index (χ2n) is 4.23. The van der Waals surface area contributed by atoms with Crippen molar-refractivity contribution in [3.8, 4) is 0 Å². The quantitative estimate of drug-likeness (QED) is 0.764. The van der Waals surface area contributed by atoms with Gasteiger partial charge in [0.05, 0.1) is 0 Å². The van der Waals surface area contributed by atoms with Gasteiger partial charge in [-0.3, -0.25) is 4.79 Å². The van der Waals surface area contributed by atoms with Crippen LogP contribution in [0.15, 0.2) is 30.3 Å². The van der Waals surface area contributed by atoms with Crippen LogP contribution in [0.1, 0.15) is 18.4 Å². The normalized spacial score (nSPS) is 11.8. The summed E-state index contributed by atoms with van der Waals surface area (Å²) in [6, 6.07) is 8.89. The van der Waals surface area contributed by atoms with Crippen molar-refractivity contribution in [2.75, 3.05) is 12.0 Å². The van der Waals surface area contributed by atoms with Crippen molar-refractivity contribution in [2.45, 2.75) is 25.3 Å². The van der Waals surface area contributed by atoms with E-state index in [9.17, 15) is 9.59 Å². The third kappa shape index (κ3) is 6.29. The Hall–Kier alpha value is -1.49. The SMILES string of the molecule is CSCC[C@H](NC(=O)CCc1ccccc1)C(=O)O. The number of hydrogen-bond donors (Lipinski definition) is 2. The number of aryl methyl sites for hydroxylation is 1. The molecule has 1 rings (SSSR count). The number of nitrogens with one attached hydrogen (secondary N) is 1. The second-order valence-corrected chi connectivity index (χ2v) is 5.21. The predicted molar refractivity (Wildman–Crippen MR) is 77.3 cm³/mol. The van der Waals surface area contributed by atoms with E-state index in [0.29, 0.717) is 19.3 Å². The molecule has 1 amide bonds. The Bertz CT molecular complexity index is 408. The van der Waals surface area contributed by atoms with E-state index in [1.54, 1.807) is 11.8 Å². The Morgan fingerprint density at radius 1 is 1.32 bits per heavy atom. The first-order chi connectivity index (χ1) is 9.13.